The van der Waals surface area contributed by atoms with E-state index in [0.717, 1.165) is 11.1 Å². The fourth-order valence-electron chi connectivity index (χ4n) is 1.67. The van der Waals surface area contributed by atoms with Crippen LogP contribution in [0.15, 0.2) is 30.3 Å². The lowest BCUT2D eigenvalue weighted by molar-refractivity contribution is 0.476. The molecule has 0 spiro atoms. The summed E-state index contributed by atoms with van der Waals surface area (Å²) in [5.74, 6) is 2.27. The molecule has 0 heterocycles. The van der Waals surface area contributed by atoms with E-state index in [1.54, 1.807) is 24.3 Å². The molecule has 0 amide bonds. The third kappa shape index (κ3) is 1.89. The fourth-order valence-corrected chi connectivity index (χ4v) is 1.67. The van der Waals surface area contributed by atoms with Crippen molar-refractivity contribution in [2.24, 2.45) is 0 Å². The molecule has 6 N–H and O–H groups in total. The molecule has 2 aromatic carbocycles. The Balaban J connectivity index is 2.61. The summed E-state index contributed by atoms with van der Waals surface area (Å²) in [6.45, 7) is 0. The zero-order valence-electron chi connectivity index (χ0n) is 9.51. The molecule has 0 bridgehead atoms. The lowest BCUT2D eigenvalue weighted by Gasteiger charge is -2.08. The summed E-state index contributed by atoms with van der Waals surface area (Å²) in [6.07, 6.45) is 5.29. The van der Waals surface area contributed by atoms with E-state index in [4.69, 9.17) is 17.9 Å². The molecule has 2 rings (SSSR count). The van der Waals surface area contributed by atoms with Crippen molar-refractivity contribution in [3.05, 3.63) is 35.9 Å². The zero-order valence-corrected chi connectivity index (χ0v) is 9.51. The van der Waals surface area contributed by atoms with Crippen LogP contribution in [0, 0.1) is 12.3 Å². The third-order valence-electron chi connectivity index (χ3n) is 2.66. The second-order valence-electron chi connectivity index (χ2n) is 3.88. The van der Waals surface area contributed by atoms with Crippen molar-refractivity contribution >= 4 is 11.4 Å². The van der Waals surface area contributed by atoms with Crippen LogP contribution >= 0.6 is 0 Å². The molecule has 4 nitrogen and oxygen atoms in total. The van der Waals surface area contributed by atoms with Crippen LogP contribution in [0.2, 0.25) is 0 Å². The number of hydrogen-bond acceptors (Lipinski definition) is 4. The molecule has 90 valence electrons. The van der Waals surface area contributed by atoms with Crippen molar-refractivity contribution in [2.75, 3.05) is 11.5 Å². The van der Waals surface area contributed by atoms with Gasteiger partial charge < -0.3 is 21.7 Å². The molecular weight excluding hydrogens is 228 g/mol. The van der Waals surface area contributed by atoms with E-state index in [1.807, 2.05) is 0 Å². The Kier molecular flexibility index (Phi) is 2.74. The van der Waals surface area contributed by atoms with Crippen LogP contribution in [0.3, 0.4) is 0 Å². The molecule has 0 saturated heterocycles. The maximum absolute atomic E-state index is 9.64. The van der Waals surface area contributed by atoms with Crippen molar-refractivity contribution < 1.29 is 10.2 Å². The predicted molar refractivity (Wildman–Crippen MR) is 72.0 cm³/mol. The Labute approximate surface area is 104 Å². The minimum Gasteiger partial charge on any atom is -0.506 e. The van der Waals surface area contributed by atoms with Crippen LogP contribution in [-0.2, 0) is 0 Å². The Hall–Kier alpha value is -2.80. The van der Waals surface area contributed by atoms with Gasteiger partial charge in [-0.05, 0) is 35.4 Å². The number of benzene rings is 2. The second kappa shape index (κ2) is 4.22. The van der Waals surface area contributed by atoms with Crippen LogP contribution in [-0.4, -0.2) is 10.2 Å². The summed E-state index contributed by atoms with van der Waals surface area (Å²) >= 11 is 0. The molecule has 18 heavy (non-hydrogen) atoms. The Morgan fingerprint density at radius 1 is 0.944 bits per heavy atom. The summed E-state index contributed by atoms with van der Waals surface area (Å²) in [4.78, 5) is 0. The lowest BCUT2D eigenvalue weighted by atomic mass is 10.0. The standard InChI is InChI=1S/C14H12N2O2/c1-2-8-5-10(7-12(16)14(8)18)9-3-4-13(17)11(15)6-9/h1,3-7,17-18H,15-16H2. The van der Waals surface area contributed by atoms with Gasteiger partial charge in [0.2, 0.25) is 0 Å². The number of anilines is 2. The van der Waals surface area contributed by atoms with Crippen molar-refractivity contribution in [3.8, 4) is 35.0 Å². The molecule has 0 radical (unpaired) electrons. The van der Waals surface area contributed by atoms with Crippen LogP contribution in [0.25, 0.3) is 11.1 Å². The highest BCUT2D eigenvalue weighted by atomic mass is 16.3. The summed E-state index contributed by atoms with van der Waals surface area (Å²) in [6, 6.07) is 8.03. The number of phenols is 2. The first-order valence-corrected chi connectivity index (χ1v) is 5.21. The summed E-state index contributed by atoms with van der Waals surface area (Å²) in [5, 5.41) is 19.0. The molecule has 2 aromatic rings. The van der Waals surface area contributed by atoms with Gasteiger partial charge in [0, 0.05) is 0 Å². The maximum Gasteiger partial charge on any atom is 0.154 e. The number of aromatic hydroxyl groups is 2. The Morgan fingerprint density at radius 2 is 1.61 bits per heavy atom. The Bertz CT molecular complexity index is 658. The number of phenolic OH excluding ortho intramolecular Hbond substituents is 2. The van der Waals surface area contributed by atoms with Crippen LogP contribution < -0.4 is 11.5 Å². The molecule has 0 aliphatic heterocycles. The molecule has 0 saturated carbocycles. The second-order valence-corrected chi connectivity index (χ2v) is 3.88. The SMILES string of the molecule is C#Cc1cc(-c2ccc(O)c(N)c2)cc(N)c1O. The van der Waals surface area contributed by atoms with E-state index < -0.39 is 0 Å². The van der Waals surface area contributed by atoms with Gasteiger partial charge in [-0.3, -0.25) is 0 Å². The van der Waals surface area contributed by atoms with Gasteiger partial charge in [-0.25, -0.2) is 0 Å². The maximum atomic E-state index is 9.64. The predicted octanol–water partition coefficient (Wildman–Crippen LogP) is 1.91. The van der Waals surface area contributed by atoms with Gasteiger partial charge in [-0.1, -0.05) is 12.0 Å². The van der Waals surface area contributed by atoms with Crippen molar-refractivity contribution in [1.29, 1.82) is 0 Å². The van der Waals surface area contributed by atoms with Gasteiger partial charge >= 0.3 is 0 Å². The highest BCUT2D eigenvalue weighted by Gasteiger charge is 2.08. The highest BCUT2D eigenvalue weighted by molar-refractivity contribution is 5.77. The number of terminal acetylenes is 1. The quantitative estimate of drug-likeness (QED) is 0.348. The van der Waals surface area contributed by atoms with Gasteiger partial charge in [0.05, 0.1) is 16.9 Å². The van der Waals surface area contributed by atoms with E-state index >= 15 is 0 Å². The lowest BCUT2D eigenvalue weighted by Crippen LogP contribution is -1.92. The molecule has 0 aliphatic rings. The summed E-state index contributed by atoms with van der Waals surface area (Å²) in [7, 11) is 0. The zero-order chi connectivity index (χ0) is 13.3. The molecule has 0 unspecified atom stereocenters. The molecule has 0 fully saturated rings. The molecular formula is C14H12N2O2. The molecule has 0 aliphatic carbocycles. The van der Waals surface area contributed by atoms with E-state index in [1.165, 1.54) is 6.07 Å². The van der Waals surface area contributed by atoms with E-state index in [-0.39, 0.29) is 22.9 Å². The van der Waals surface area contributed by atoms with Crippen molar-refractivity contribution in [3.63, 3.8) is 0 Å². The average Bonchev–Trinajstić information content (AvgIpc) is 2.36. The van der Waals surface area contributed by atoms with Crippen LogP contribution in [0.5, 0.6) is 11.5 Å². The average molecular weight is 240 g/mol. The Morgan fingerprint density at radius 3 is 2.22 bits per heavy atom. The number of rotatable bonds is 1. The summed E-state index contributed by atoms with van der Waals surface area (Å²) in [5.41, 5.74) is 13.6. The molecule has 0 atom stereocenters. The number of nitrogens with two attached hydrogens (primary N) is 2. The first kappa shape index (κ1) is 11.7. The van der Waals surface area contributed by atoms with Crippen LogP contribution in [0.1, 0.15) is 5.56 Å². The van der Waals surface area contributed by atoms with Gasteiger partial charge in [0.15, 0.2) is 5.75 Å². The number of hydrogen-bond donors (Lipinski definition) is 4. The van der Waals surface area contributed by atoms with Crippen molar-refractivity contribution in [1.82, 2.24) is 0 Å². The van der Waals surface area contributed by atoms with E-state index in [9.17, 15) is 10.2 Å². The first-order valence-electron chi connectivity index (χ1n) is 5.21. The fraction of sp³-hybridized carbons (Fsp3) is 0. The first-order chi connectivity index (χ1) is 8.52. The van der Waals surface area contributed by atoms with Crippen molar-refractivity contribution in [2.45, 2.75) is 0 Å². The van der Waals surface area contributed by atoms with Gasteiger partial charge in [-0.15, -0.1) is 6.42 Å². The normalized spacial score (nSPS) is 9.94. The minimum absolute atomic E-state index is 0.0164. The molecule has 4 heteroatoms. The van der Waals surface area contributed by atoms with E-state index in [2.05, 4.69) is 5.92 Å². The molecule has 0 aromatic heterocycles. The van der Waals surface area contributed by atoms with Gasteiger partial charge in [0.1, 0.15) is 5.75 Å². The smallest absolute Gasteiger partial charge is 0.154 e. The van der Waals surface area contributed by atoms with E-state index in [0.29, 0.717) is 5.56 Å². The monoisotopic (exact) mass is 240 g/mol. The number of nitrogen functional groups attached to an aromatic ring is 2. The minimum atomic E-state index is -0.104. The highest BCUT2D eigenvalue weighted by Crippen LogP contribution is 2.33. The summed E-state index contributed by atoms with van der Waals surface area (Å²) < 4.78 is 0. The largest absolute Gasteiger partial charge is 0.506 e. The van der Waals surface area contributed by atoms with Gasteiger partial charge in [0.25, 0.3) is 0 Å². The van der Waals surface area contributed by atoms with Gasteiger partial charge in [-0.2, -0.15) is 0 Å². The van der Waals surface area contributed by atoms with Crippen LogP contribution in [0.4, 0.5) is 11.4 Å². The third-order valence-corrected chi connectivity index (χ3v) is 2.66. The topological polar surface area (TPSA) is 92.5 Å².